The highest BCUT2D eigenvalue weighted by Crippen LogP contribution is 2.64. The summed E-state index contributed by atoms with van der Waals surface area (Å²) < 4.78 is 291. The average molecular weight is 738 g/mol. The first-order chi connectivity index (χ1) is 20.0. The van der Waals surface area contributed by atoms with Crippen molar-refractivity contribution in [1.29, 1.82) is 0 Å². The lowest BCUT2D eigenvalue weighted by Crippen LogP contribution is -2.74. The number of aromatic nitrogens is 4. The molecule has 27 heteroatoms. The highest BCUT2D eigenvalue weighted by molar-refractivity contribution is 7.91. The predicted octanol–water partition coefficient (Wildman–Crippen LogP) is 7.16. The van der Waals surface area contributed by atoms with Crippen LogP contribution in [0, 0.1) is 6.92 Å². The van der Waals surface area contributed by atoms with Gasteiger partial charge in [0.05, 0.1) is 5.75 Å². The summed E-state index contributed by atoms with van der Waals surface area (Å²) in [5.74, 6) is -62.1. The molecule has 2 aromatic heterocycles. The number of hydrogen-bond donors (Lipinski definition) is 0. The van der Waals surface area contributed by atoms with Crippen LogP contribution in [0.25, 0.3) is 5.95 Å². The van der Waals surface area contributed by atoms with E-state index in [1.165, 1.54) is 0 Å². The molecule has 264 valence electrons. The van der Waals surface area contributed by atoms with Gasteiger partial charge in [-0.3, -0.25) is 0 Å². The normalized spacial score (nSPS) is 15.4. The van der Waals surface area contributed by atoms with Crippen LogP contribution in [0.4, 0.5) is 87.8 Å². The van der Waals surface area contributed by atoms with Crippen molar-refractivity contribution in [1.82, 2.24) is 19.7 Å². The minimum absolute atomic E-state index is 0.151. The molecule has 0 spiro atoms. The highest BCUT2D eigenvalue weighted by atomic mass is 32.2. The predicted molar refractivity (Wildman–Crippen MR) is 106 cm³/mol. The lowest BCUT2D eigenvalue weighted by atomic mass is 9.88. The van der Waals surface area contributed by atoms with Gasteiger partial charge in [0, 0.05) is 18.3 Å². The fourth-order valence-corrected chi connectivity index (χ4v) is 4.40. The number of aryl methyl sites for hydroxylation is 1. The van der Waals surface area contributed by atoms with E-state index in [0.717, 1.165) is 6.92 Å². The second-order valence-electron chi connectivity index (χ2n) is 9.01. The molecule has 0 saturated heterocycles. The summed E-state index contributed by atoms with van der Waals surface area (Å²) in [5.41, 5.74) is -2.15. The Morgan fingerprint density at radius 3 is 1.50 bits per heavy atom. The standard InChI is InChI=1S/C19H10F20N4O2S/c1-7-6-9(41-10(40-7)43-4-2-8(42-43)12(22,23)24)46(44,45)5-3-11(20,21)13(25,26)14(27,28)15(29,30)16(31,32)17(33,34)18(35,36)19(37,38)39/h2,4,6H,3,5H2,1H3. The van der Waals surface area contributed by atoms with Gasteiger partial charge in [-0.05, 0) is 19.1 Å². The zero-order chi connectivity index (χ0) is 36.5. The van der Waals surface area contributed by atoms with E-state index in [2.05, 4.69) is 15.1 Å². The van der Waals surface area contributed by atoms with Gasteiger partial charge >= 0.3 is 53.8 Å². The van der Waals surface area contributed by atoms with Gasteiger partial charge in [0.1, 0.15) is 0 Å². The third kappa shape index (κ3) is 6.01. The van der Waals surface area contributed by atoms with Gasteiger partial charge in [0.15, 0.2) is 20.6 Å². The number of halogens is 20. The Balaban J connectivity index is 2.48. The maximum absolute atomic E-state index is 14.2. The Kier molecular flexibility index (Phi) is 9.29. The zero-order valence-corrected chi connectivity index (χ0v) is 22.0. The van der Waals surface area contributed by atoms with Crippen molar-refractivity contribution in [2.75, 3.05) is 5.75 Å². The molecule has 0 aliphatic heterocycles. The minimum Gasteiger partial charge on any atom is -0.222 e. The Hall–Kier alpha value is -3.16. The Bertz CT molecular complexity index is 1540. The van der Waals surface area contributed by atoms with Crippen molar-refractivity contribution in [3.05, 3.63) is 29.7 Å². The molecule has 0 N–H and O–H groups in total. The van der Waals surface area contributed by atoms with Gasteiger partial charge in [-0.2, -0.15) is 97.9 Å². The quantitative estimate of drug-likeness (QED) is 0.181. The van der Waals surface area contributed by atoms with Gasteiger partial charge in [0.25, 0.3) is 5.95 Å². The van der Waals surface area contributed by atoms with Gasteiger partial charge in [-0.15, -0.1) is 0 Å². The topological polar surface area (TPSA) is 77.7 Å². The van der Waals surface area contributed by atoms with E-state index in [-0.39, 0.29) is 4.68 Å². The van der Waals surface area contributed by atoms with Gasteiger partial charge in [0.2, 0.25) is 0 Å². The highest BCUT2D eigenvalue weighted by Gasteiger charge is 2.95. The lowest BCUT2D eigenvalue weighted by Gasteiger charge is -2.42. The zero-order valence-electron chi connectivity index (χ0n) is 21.2. The van der Waals surface area contributed by atoms with Crippen molar-refractivity contribution in [3.8, 4) is 5.95 Å². The van der Waals surface area contributed by atoms with E-state index < -0.39 is 98.2 Å². The second kappa shape index (κ2) is 10.9. The maximum Gasteiger partial charge on any atom is 0.460 e. The van der Waals surface area contributed by atoms with Crippen LogP contribution in [-0.4, -0.2) is 81.6 Å². The molecule has 0 amide bonds. The number of hydrogen-bond acceptors (Lipinski definition) is 5. The molecule has 0 aliphatic rings. The molecular formula is C19H10F20N4O2S. The van der Waals surface area contributed by atoms with Gasteiger partial charge in [-0.1, -0.05) is 0 Å². The Morgan fingerprint density at radius 1 is 0.652 bits per heavy atom. The summed E-state index contributed by atoms with van der Waals surface area (Å²) in [7, 11) is -5.65. The van der Waals surface area contributed by atoms with Crippen molar-refractivity contribution >= 4 is 9.84 Å². The van der Waals surface area contributed by atoms with Crippen LogP contribution < -0.4 is 0 Å². The fraction of sp³-hybridized carbons (Fsp3) is 0.632. The molecule has 0 saturated carbocycles. The monoisotopic (exact) mass is 738 g/mol. The molecule has 2 rings (SSSR count). The van der Waals surface area contributed by atoms with E-state index in [4.69, 9.17) is 0 Å². The summed E-state index contributed by atoms with van der Waals surface area (Å²) in [6, 6.07) is 0.609. The Morgan fingerprint density at radius 2 is 1.09 bits per heavy atom. The van der Waals surface area contributed by atoms with Crippen LogP contribution in [-0.2, 0) is 16.0 Å². The molecular weight excluding hydrogens is 728 g/mol. The third-order valence-electron chi connectivity index (χ3n) is 5.69. The van der Waals surface area contributed by atoms with Crippen LogP contribution >= 0.6 is 0 Å². The van der Waals surface area contributed by atoms with E-state index in [1.54, 1.807) is 0 Å². The number of rotatable bonds is 11. The maximum atomic E-state index is 14.2. The lowest BCUT2D eigenvalue weighted by molar-refractivity contribution is -0.461. The second-order valence-corrected chi connectivity index (χ2v) is 11.1. The van der Waals surface area contributed by atoms with Crippen LogP contribution in [0.1, 0.15) is 17.8 Å². The summed E-state index contributed by atoms with van der Waals surface area (Å²) in [5, 5.41) is 1.38. The van der Waals surface area contributed by atoms with Crippen molar-refractivity contribution < 1.29 is 96.2 Å². The van der Waals surface area contributed by atoms with E-state index >= 15 is 0 Å². The summed E-state index contributed by atoms with van der Waals surface area (Å²) >= 11 is 0. The molecule has 0 atom stereocenters. The molecule has 2 aromatic rings. The van der Waals surface area contributed by atoms with Crippen molar-refractivity contribution in [2.45, 2.75) is 72.2 Å². The summed E-state index contributed by atoms with van der Waals surface area (Å²) in [6.07, 6.45) is -15.8. The molecule has 0 unspecified atom stereocenters. The van der Waals surface area contributed by atoms with Crippen molar-refractivity contribution in [3.63, 3.8) is 0 Å². The molecule has 0 radical (unpaired) electrons. The molecule has 2 heterocycles. The SMILES string of the molecule is Cc1cc(S(=O)(=O)CCC(F)(F)C(F)(F)C(F)(F)C(F)(F)C(F)(F)C(F)(F)C(F)(F)C(F)(F)F)nc(-n2ccc(C(F)(F)F)n2)n1. The van der Waals surface area contributed by atoms with Gasteiger partial charge < -0.3 is 0 Å². The fourth-order valence-electron chi connectivity index (χ4n) is 3.09. The minimum atomic E-state index is -8.85. The Labute approximate surface area is 240 Å². The first-order valence-corrected chi connectivity index (χ1v) is 12.6. The summed E-state index contributed by atoms with van der Waals surface area (Å²) in [4.78, 5) is 6.56. The first kappa shape index (κ1) is 39.0. The molecule has 0 aromatic carbocycles. The van der Waals surface area contributed by atoms with E-state index in [9.17, 15) is 96.2 Å². The number of nitrogens with zero attached hydrogens (tertiary/aromatic N) is 4. The molecule has 6 nitrogen and oxygen atoms in total. The van der Waals surface area contributed by atoms with Crippen molar-refractivity contribution in [2.24, 2.45) is 0 Å². The van der Waals surface area contributed by atoms with Crippen LogP contribution in [0.2, 0.25) is 0 Å². The smallest absolute Gasteiger partial charge is 0.222 e. The molecule has 46 heavy (non-hydrogen) atoms. The molecule has 0 bridgehead atoms. The largest absolute Gasteiger partial charge is 0.460 e. The third-order valence-corrected chi connectivity index (χ3v) is 7.28. The van der Waals surface area contributed by atoms with Crippen LogP contribution in [0.3, 0.4) is 0 Å². The average Bonchev–Trinajstić information content (AvgIpc) is 3.37. The van der Waals surface area contributed by atoms with Crippen LogP contribution in [0.5, 0.6) is 0 Å². The number of alkyl halides is 20. The van der Waals surface area contributed by atoms with E-state index in [1.807, 2.05) is 0 Å². The van der Waals surface area contributed by atoms with Gasteiger partial charge in [-0.25, -0.2) is 18.1 Å². The first-order valence-electron chi connectivity index (χ1n) is 11.0. The summed E-state index contributed by atoms with van der Waals surface area (Å²) in [6.45, 7) is 0.877. The van der Waals surface area contributed by atoms with E-state index in [0.29, 0.717) is 18.3 Å². The van der Waals surface area contributed by atoms with Crippen LogP contribution in [0.15, 0.2) is 23.4 Å². The molecule has 0 fully saturated rings. The number of sulfone groups is 1. The molecule has 0 aliphatic carbocycles.